The van der Waals surface area contributed by atoms with Crippen LogP contribution in [-0.2, 0) is 16.0 Å². The maximum atomic E-state index is 12.8. The minimum Gasteiger partial charge on any atom is -0.495 e. The number of benzene rings is 2. The maximum absolute atomic E-state index is 12.8. The maximum Gasteiger partial charge on any atom is 0.233 e. The Hall–Kier alpha value is -2.60. The largest absolute Gasteiger partial charge is 0.495 e. The number of anilines is 1. The molecular weight excluding hydrogens is 347 g/mol. The summed E-state index contributed by atoms with van der Waals surface area (Å²) in [7, 11) is 1.50. The third kappa shape index (κ3) is 6.08. The van der Waals surface area contributed by atoms with Gasteiger partial charge in [0.25, 0.3) is 0 Å². The van der Waals surface area contributed by atoms with Gasteiger partial charge >= 0.3 is 0 Å². The molecule has 0 aliphatic carbocycles. The highest BCUT2D eigenvalue weighted by Gasteiger charge is 2.10. The summed E-state index contributed by atoms with van der Waals surface area (Å²) < 4.78 is 17.8. The Balaban J connectivity index is 1.75. The lowest BCUT2D eigenvalue weighted by atomic mass is 10.1. The highest BCUT2D eigenvalue weighted by Crippen LogP contribution is 2.27. The average molecular weight is 365 g/mol. The first-order valence-corrected chi connectivity index (χ1v) is 8.00. The van der Waals surface area contributed by atoms with Crippen molar-refractivity contribution in [2.45, 2.75) is 12.8 Å². The Labute approximate surface area is 150 Å². The molecule has 2 amide bonds. The van der Waals surface area contributed by atoms with E-state index in [4.69, 9.17) is 16.3 Å². The fraction of sp³-hybridized carbons (Fsp3) is 0.222. The topological polar surface area (TPSA) is 67.4 Å². The quantitative estimate of drug-likeness (QED) is 0.741. The molecule has 0 aliphatic rings. The van der Waals surface area contributed by atoms with Crippen LogP contribution in [-0.4, -0.2) is 25.5 Å². The number of halogens is 2. The first-order chi connectivity index (χ1) is 12.0. The van der Waals surface area contributed by atoms with Crippen LogP contribution in [0.25, 0.3) is 0 Å². The van der Waals surface area contributed by atoms with Crippen LogP contribution in [0.2, 0.25) is 5.02 Å². The molecule has 0 bridgehead atoms. The van der Waals surface area contributed by atoms with Gasteiger partial charge in [0, 0.05) is 12.2 Å². The van der Waals surface area contributed by atoms with E-state index < -0.39 is 5.91 Å². The average Bonchev–Trinajstić information content (AvgIpc) is 2.56. The van der Waals surface area contributed by atoms with Gasteiger partial charge in [-0.15, -0.1) is 0 Å². The molecular formula is C18H18ClFN2O3. The summed E-state index contributed by atoms with van der Waals surface area (Å²) in [5.74, 6) is -0.638. The number of hydrogen-bond acceptors (Lipinski definition) is 3. The molecule has 0 saturated heterocycles. The Kier molecular flexibility index (Phi) is 6.77. The van der Waals surface area contributed by atoms with E-state index in [1.165, 1.54) is 19.2 Å². The van der Waals surface area contributed by atoms with Crippen LogP contribution in [0.15, 0.2) is 42.5 Å². The van der Waals surface area contributed by atoms with E-state index in [2.05, 4.69) is 10.6 Å². The van der Waals surface area contributed by atoms with E-state index in [9.17, 15) is 14.0 Å². The number of carbonyl (C=O) groups excluding carboxylic acids is 2. The summed E-state index contributed by atoms with van der Waals surface area (Å²) in [4.78, 5) is 23.6. The van der Waals surface area contributed by atoms with Crippen LogP contribution >= 0.6 is 11.6 Å². The van der Waals surface area contributed by atoms with Crippen molar-refractivity contribution in [2.75, 3.05) is 19.0 Å². The zero-order valence-corrected chi connectivity index (χ0v) is 14.4. The number of ether oxygens (including phenoxy) is 1. The number of methoxy groups -OCH3 is 1. The Morgan fingerprint density at radius 2 is 1.84 bits per heavy atom. The zero-order valence-electron chi connectivity index (χ0n) is 13.6. The molecule has 2 aromatic rings. The lowest BCUT2D eigenvalue weighted by Crippen LogP contribution is -2.29. The molecule has 132 valence electrons. The third-order valence-corrected chi connectivity index (χ3v) is 3.70. The van der Waals surface area contributed by atoms with Gasteiger partial charge in [-0.2, -0.15) is 0 Å². The predicted octanol–water partition coefficient (Wildman–Crippen LogP) is 3.18. The molecule has 2 rings (SSSR count). The fourth-order valence-electron chi connectivity index (χ4n) is 2.15. The van der Waals surface area contributed by atoms with Crippen LogP contribution < -0.4 is 15.4 Å². The van der Waals surface area contributed by atoms with Crippen LogP contribution in [0.5, 0.6) is 5.75 Å². The standard InChI is InChI=1S/C18H18ClFN2O3/c1-25-16-7-6-14(10-15(16)19)22-18(24)11-17(23)21-9-8-12-2-4-13(20)5-3-12/h2-7,10H,8-9,11H2,1H3,(H,21,23)(H,22,24). The molecule has 2 N–H and O–H groups in total. The van der Waals surface area contributed by atoms with Crippen LogP contribution in [0.3, 0.4) is 0 Å². The molecule has 0 heterocycles. The monoisotopic (exact) mass is 364 g/mol. The summed E-state index contributed by atoms with van der Waals surface area (Å²) in [6.45, 7) is 0.367. The van der Waals surface area contributed by atoms with Crippen molar-refractivity contribution in [3.63, 3.8) is 0 Å². The minimum absolute atomic E-state index is 0.299. The second-order valence-electron chi connectivity index (χ2n) is 5.30. The van der Waals surface area contributed by atoms with E-state index in [1.807, 2.05) is 0 Å². The van der Waals surface area contributed by atoms with Gasteiger partial charge in [-0.25, -0.2) is 4.39 Å². The van der Waals surface area contributed by atoms with Gasteiger partial charge in [-0.05, 0) is 42.3 Å². The van der Waals surface area contributed by atoms with Crippen molar-refractivity contribution < 1.29 is 18.7 Å². The van der Waals surface area contributed by atoms with Gasteiger partial charge in [0.1, 0.15) is 18.0 Å². The summed E-state index contributed by atoms with van der Waals surface area (Å²) in [5, 5.41) is 5.62. The first kappa shape index (κ1) is 18.7. The van der Waals surface area contributed by atoms with Crippen molar-refractivity contribution in [2.24, 2.45) is 0 Å². The summed E-state index contributed by atoms with van der Waals surface area (Å²) >= 11 is 5.98. The number of carbonyl (C=O) groups is 2. The summed E-state index contributed by atoms with van der Waals surface area (Å²) in [6.07, 6.45) is 0.259. The molecule has 2 aromatic carbocycles. The van der Waals surface area contributed by atoms with Crippen LogP contribution in [0, 0.1) is 5.82 Å². The smallest absolute Gasteiger partial charge is 0.233 e. The molecule has 0 fully saturated rings. The van der Waals surface area contributed by atoms with Gasteiger partial charge in [-0.3, -0.25) is 9.59 Å². The molecule has 5 nitrogen and oxygen atoms in total. The first-order valence-electron chi connectivity index (χ1n) is 7.62. The van der Waals surface area contributed by atoms with Gasteiger partial charge < -0.3 is 15.4 Å². The molecule has 7 heteroatoms. The summed E-state index contributed by atoms with van der Waals surface area (Å²) in [5.41, 5.74) is 1.38. The van der Waals surface area contributed by atoms with Crippen molar-refractivity contribution in [3.8, 4) is 5.75 Å². The van der Waals surface area contributed by atoms with E-state index in [0.29, 0.717) is 29.4 Å². The highest BCUT2D eigenvalue weighted by molar-refractivity contribution is 6.32. The third-order valence-electron chi connectivity index (χ3n) is 3.41. The number of rotatable bonds is 7. The van der Waals surface area contributed by atoms with Gasteiger partial charge in [0.2, 0.25) is 11.8 Å². The van der Waals surface area contributed by atoms with E-state index in [1.54, 1.807) is 30.3 Å². The second-order valence-corrected chi connectivity index (χ2v) is 5.71. The lowest BCUT2D eigenvalue weighted by Gasteiger charge is -2.08. The molecule has 0 spiro atoms. The Morgan fingerprint density at radius 3 is 2.48 bits per heavy atom. The van der Waals surface area contributed by atoms with Gasteiger partial charge in [-0.1, -0.05) is 23.7 Å². The Bertz CT molecular complexity index is 750. The number of amides is 2. The predicted molar refractivity (Wildman–Crippen MR) is 94.4 cm³/mol. The van der Waals surface area contributed by atoms with Gasteiger partial charge in [0.15, 0.2) is 0 Å². The summed E-state index contributed by atoms with van der Waals surface area (Å²) in [6, 6.07) is 10.8. The zero-order chi connectivity index (χ0) is 18.2. The second kappa shape index (κ2) is 9.03. The SMILES string of the molecule is COc1ccc(NC(=O)CC(=O)NCCc2ccc(F)cc2)cc1Cl. The van der Waals surface area contributed by atoms with Crippen molar-refractivity contribution in [1.29, 1.82) is 0 Å². The number of nitrogens with one attached hydrogen (secondary N) is 2. The minimum atomic E-state index is -0.444. The van der Waals surface area contributed by atoms with E-state index in [-0.39, 0.29) is 18.1 Å². The molecule has 0 aliphatic heterocycles. The molecule has 0 saturated carbocycles. The van der Waals surface area contributed by atoms with Crippen molar-refractivity contribution >= 4 is 29.1 Å². The van der Waals surface area contributed by atoms with E-state index in [0.717, 1.165) is 5.56 Å². The number of hydrogen-bond donors (Lipinski definition) is 2. The van der Waals surface area contributed by atoms with Gasteiger partial charge in [0.05, 0.1) is 12.1 Å². The van der Waals surface area contributed by atoms with Crippen LogP contribution in [0.4, 0.5) is 10.1 Å². The molecule has 0 atom stereocenters. The van der Waals surface area contributed by atoms with Crippen LogP contribution in [0.1, 0.15) is 12.0 Å². The molecule has 0 unspecified atom stereocenters. The van der Waals surface area contributed by atoms with Crippen molar-refractivity contribution in [3.05, 3.63) is 58.9 Å². The Morgan fingerprint density at radius 1 is 1.12 bits per heavy atom. The normalized spacial score (nSPS) is 10.2. The van der Waals surface area contributed by atoms with E-state index >= 15 is 0 Å². The highest BCUT2D eigenvalue weighted by atomic mass is 35.5. The molecule has 25 heavy (non-hydrogen) atoms. The lowest BCUT2D eigenvalue weighted by molar-refractivity contribution is -0.126. The molecule has 0 aromatic heterocycles. The molecule has 0 radical (unpaired) electrons. The fourth-order valence-corrected chi connectivity index (χ4v) is 2.41. The van der Waals surface area contributed by atoms with Crippen molar-refractivity contribution in [1.82, 2.24) is 5.32 Å².